The van der Waals surface area contributed by atoms with Gasteiger partial charge in [-0.3, -0.25) is 9.36 Å². The Balaban J connectivity index is 1.61. The zero-order valence-corrected chi connectivity index (χ0v) is 19.7. The summed E-state index contributed by atoms with van der Waals surface area (Å²) in [6.45, 7) is 0.215. The van der Waals surface area contributed by atoms with E-state index in [9.17, 15) is 18.3 Å². The minimum absolute atomic E-state index is 0.184. The first-order valence-electron chi connectivity index (χ1n) is 10.3. The van der Waals surface area contributed by atoms with E-state index in [2.05, 4.69) is 9.98 Å². The number of hydrogen-bond acceptors (Lipinski definition) is 7. The Morgan fingerprint density at radius 1 is 1.03 bits per heavy atom. The molecule has 0 saturated carbocycles. The van der Waals surface area contributed by atoms with Gasteiger partial charge in [-0.2, -0.15) is 0 Å². The highest BCUT2D eigenvalue weighted by molar-refractivity contribution is 7.90. The van der Waals surface area contributed by atoms with Crippen LogP contribution in [0.2, 0.25) is 0 Å². The maximum Gasteiger partial charge on any atom is 0.261 e. The maximum absolute atomic E-state index is 13.1. The van der Waals surface area contributed by atoms with Crippen molar-refractivity contribution in [3.63, 3.8) is 0 Å². The summed E-state index contributed by atoms with van der Waals surface area (Å²) >= 11 is 1.24. The van der Waals surface area contributed by atoms with Gasteiger partial charge >= 0.3 is 0 Å². The summed E-state index contributed by atoms with van der Waals surface area (Å²) < 4.78 is 25.7. The number of thiazole rings is 1. The van der Waals surface area contributed by atoms with Crippen molar-refractivity contribution in [1.29, 1.82) is 0 Å². The largest absolute Gasteiger partial charge is 0.494 e. The number of aromatic nitrogens is 2. The molecule has 9 heteroatoms. The van der Waals surface area contributed by atoms with E-state index < -0.39 is 9.84 Å². The van der Waals surface area contributed by atoms with Crippen molar-refractivity contribution in [2.24, 2.45) is 4.99 Å². The van der Waals surface area contributed by atoms with Crippen LogP contribution < -0.4 is 5.56 Å². The van der Waals surface area contributed by atoms with Gasteiger partial charge in [0.25, 0.3) is 5.56 Å². The van der Waals surface area contributed by atoms with Gasteiger partial charge < -0.3 is 5.11 Å². The van der Waals surface area contributed by atoms with Gasteiger partial charge in [0.15, 0.2) is 9.84 Å². The fourth-order valence-corrected chi connectivity index (χ4v) is 5.32. The first kappa shape index (κ1) is 22.0. The number of aliphatic imine (C=N–C) groups is 1. The van der Waals surface area contributed by atoms with E-state index in [0.29, 0.717) is 31.7 Å². The molecule has 34 heavy (non-hydrogen) atoms. The SMILES string of the molecule is CS(=O)(=O)c1ccc2nc(N=Cc3c(O)n(Cc4ccccc4)c(=O)c4ccccc34)sc2c1. The minimum Gasteiger partial charge on any atom is -0.494 e. The number of sulfone groups is 1. The average Bonchev–Trinajstić information content (AvgIpc) is 3.24. The number of benzene rings is 3. The van der Waals surface area contributed by atoms with Gasteiger partial charge in [-0.1, -0.05) is 59.9 Å². The fraction of sp³-hybridized carbons (Fsp3) is 0.0800. The first-order chi connectivity index (χ1) is 16.3. The molecule has 0 amide bonds. The lowest BCUT2D eigenvalue weighted by atomic mass is 10.1. The zero-order valence-electron chi connectivity index (χ0n) is 18.0. The molecule has 0 aliphatic heterocycles. The molecule has 0 spiro atoms. The van der Waals surface area contributed by atoms with Crippen molar-refractivity contribution >= 4 is 53.5 Å². The number of rotatable bonds is 5. The average molecular weight is 490 g/mol. The molecule has 0 radical (unpaired) electrons. The summed E-state index contributed by atoms with van der Waals surface area (Å²) in [6, 6.07) is 21.2. The van der Waals surface area contributed by atoms with Gasteiger partial charge in [0.2, 0.25) is 11.0 Å². The van der Waals surface area contributed by atoms with E-state index in [4.69, 9.17) is 0 Å². The van der Waals surface area contributed by atoms with Crippen LogP contribution in [0.15, 0.2) is 87.5 Å². The molecule has 170 valence electrons. The summed E-state index contributed by atoms with van der Waals surface area (Å²) in [6.07, 6.45) is 2.65. The molecule has 1 N–H and O–H groups in total. The Bertz CT molecular complexity index is 1740. The highest BCUT2D eigenvalue weighted by Crippen LogP contribution is 2.31. The van der Waals surface area contributed by atoms with Gasteiger partial charge in [0.1, 0.15) is 0 Å². The summed E-state index contributed by atoms with van der Waals surface area (Å²) in [4.78, 5) is 22.2. The van der Waals surface area contributed by atoms with E-state index in [1.807, 2.05) is 30.3 Å². The number of fused-ring (bicyclic) bond motifs is 2. The lowest BCUT2D eigenvalue weighted by Crippen LogP contribution is -2.22. The third kappa shape index (κ3) is 4.11. The molecule has 0 atom stereocenters. The van der Waals surface area contributed by atoms with Crippen LogP contribution in [0.4, 0.5) is 5.13 Å². The highest BCUT2D eigenvalue weighted by Gasteiger charge is 2.16. The molecule has 0 saturated heterocycles. The topological polar surface area (TPSA) is 102 Å². The monoisotopic (exact) mass is 489 g/mol. The van der Waals surface area contributed by atoms with Crippen LogP contribution in [-0.2, 0) is 16.4 Å². The Morgan fingerprint density at radius 3 is 2.47 bits per heavy atom. The van der Waals surface area contributed by atoms with E-state index in [1.54, 1.807) is 36.4 Å². The second-order valence-corrected chi connectivity index (χ2v) is 10.8. The van der Waals surface area contributed by atoms with Crippen molar-refractivity contribution < 1.29 is 13.5 Å². The summed E-state index contributed by atoms with van der Waals surface area (Å²) in [5, 5.41) is 12.5. The van der Waals surface area contributed by atoms with Crippen LogP contribution in [0.3, 0.4) is 0 Å². The van der Waals surface area contributed by atoms with Crippen LogP contribution in [0.1, 0.15) is 11.1 Å². The van der Waals surface area contributed by atoms with Crippen LogP contribution in [0.5, 0.6) is 5.88 Å². The number of hydrogen-bond donors (Lipinski definition) is 1. The third-order valence-electron chi connectivity index (χ3n) is 5.45. The second kappa shape index (κ2) is 8.51. The second-order valence-electron chi connectivity index (χ2n) is 7.82. The molecule has 0 aliphatic rings. The predicted octanol–water partition coefficient (Wildman–Crippen LogP) is 4.52. The van der Waals surface area contributed by atoms with Gasteiger partial charge in [-0.25, -0.2) is 18.4 Å². The molecular formula is C25H19N3O4S2. The Kier molecular flexibility index (Phi) is 5.51. The van der Waals surface area contributed by atoms with E-state index in [1.165, 1.54) is 28.2 Å². The van der Waals surface area contributed by atoms with E-state index in [-0.39, 0.29) is 22.9 Å². The number of pyridine rings is 1. The third-order valence-corrected chi connectivity index (χ3v) is 7.49. The molecule has 5 aromatic rings. The maximum atomic E-state index is 13.1. The molecule has 7 nitrogen and oxygen atoms in total. The Labute approximate surface area is 199 Å². The van der Waals surface area contributed by atoms with E-state index >= 15 is 0 Å². The zero-order chi connectivity index (χ0) is 23.9. The van der Waals surface area contributed by atoms with Crippen molar-refractivity contribution in [1.82, 2.24) is 9.55 Å². The van der Waals surface area contributed by atoms with Gasteiger partial charge in [0.05, 0.1) is 27.2 Å². The molecule has 3 aromatic carbocycles. The standard InChI is InChI=1S/C25H19N3O4S2/c1-34(31,32)17-11-12-21-22(13-17)33-25(27-21)26-14-20-18-9-5-6-10-19(18)23(29)28(24(20)30)15-16-7-3-2-4-8-16/h2-14,30H,15H2,1H3. The smallest absolute Gasteiger partial charge is 0.261 e. The normalized spacial score (nSPS) is 12.1. The van der Waals surface area contributed by atoms with Crippen LogP contribution >= 0.6 is 11.3 Å². The molecular weight excluding hydrogens is 470 g/mol. The van der Waals surface area contributed by atoms with Gasteiger partial charge in [-0.05, 0) is 29.8 Å². The van der Waals surface area contributed by atoms with Crippen molar-refractivity contribution in [3.05, 3.63) is 94.3 Å². The molecule has 2 aromatic heterocycles. The van der Waals surface area contributed by atoms with Crippen molar-refractivity contribution in [2.75, 3.05) is 6.26 Å². The quantitative estimate of drug-likeness (QED) is 0.366. The summed E-state index contributed by atoms with van der Waals surface area (Å²) in [5.74, 6) is -0.184. The van der Waals surface area contributed by atoms with Crippen molar-refractivity contribution in [3.8, 4) is 5.88 Å². The van der Waals surface area contributed by atoms with Crippen molar-refractivity contribution in [2.45, 2.75) is 11.4 Å². The Hall–Kier alpha value is -3.82. The summed E-state index contributed by atoms with van der Waals surface area (Å²) in [5.41, 5.74) is 1.63. The Morgan fingerprint density at radius 2 is 1.74 bits per heavy atom. The molecule has 0 unspecified atom stereocenters. The molecule has 0 fully saturated rings. The molecule has 0 aliphatic carbocycles. The molecule has 0 bridgehead atoms. The molecule has 2 heterocycles. The number of aromatic hydroxyl groups is 1. The van der Waals surface area contributed by atoms with Crippen LogP contribution in [-0.4, -0.2) is 35.5 Å². The van der Waals surface area contributed by atoms with E-state index in [0.717, 1.165) is 11.8 Å². The van der Waals surface area contributed by atoms with Crippen LogP contribution in [0.25, 0.3) is 21.0 Å². The minimum atomic E-state index is -3.33. The fourth-order valence-electron chi connectivity index (χ4n) is 3.75. The van der Waals surface area contributed by atoms with Gasteiger partial charge in [0, 0.05) is 23.2 Å². The molecule has 5 rings (SSSR count). The predicted molar refractivity (Wildman–Crippen MR) is 135 cm³/mol. The van der Waals surface area contributed by atoms with Gasteiger partial charge in [-0.15, -0.1) is 0 Å². The van der Waals surface area contributed by atoms with Crippen LogP contribution in [0, 0.1) is 0 Å². The summed E-state index contributed by atoms with van der Waals surface area (Å²) in [7, 11) is -3.33. The lowest BCUT2D eigenvalue weighted by molar-refractivity contribution is 0.416. The highest BCUT2D eigenvalue weighted by atomic mass is 32.2. The first-order valence-corrected chi connectivity index (χ1v) is 13.1. The lowest BCUT2D eigenvalue weighted by Gasteiger charge is -2.13. The number of nitrogens with zero attached hydrogens (tertiary/aromatic N) is 3.